The zero-order valence-corrected chi connectivity index (χ0v) is 48.9. The molecule has 0 unspecified atom stereocenters. The number of carbonyl (C=O) groups excluding carboxylic acids is 2. The van der Waals surface area contributed by atoms with Crippen molar-refractivity contribution >= 4 is 33.5 Å². The van der Waals surface area contributed by atoms with Crippen LogP contribution < -0.4 is 0 Å². The largest absolute Gasteiger partial charge is 0.465 e. The van der Waals surface area contributed by atoms with Crippen molar-refractivity contribution in [1.82, 2.24) is 9.80 Å². The minimum Gasteiger partial charge on any atom is -0.465 e. The van der Waals surface area contributed by atoms with Gasteiger partial charge in [-0.05, 0) is 71.2 Å². The summed E-state index contributed by atoms with van der Waals surface area (Å²) in [4.78, 5) is 30.5. The van der Waals surface area contributed by atoms with Crippen LogP contribution in [0.5, 0.6) is 0 Å². The van der Waals surface area contributed by atoms with E-state index in [-0.39, 0.29) is 11.9 Å². The highest BCUT2D eigenvalue weighted by Gasteiger charge is 2.11. The van der Waals surface area contributed by atoms with Gasteiger partial charge in [0.15, 0.2) is 0 Å². The molecule has 69 heavy (non-hydrogen) atoms. The molecule has 0 N–H and O–H groups in total. The first-order valence-electron chi connectivity index (χ1n) is 31.1. The molecule has 0 aliphatic carbocycles. The second-order valence-electron chi connectivity index (χ2n) is 21.1. The predicted octanol–water partition coefficient (Wildman–Crippen LogP) is 19.7. The van der Waals surface area contributed by atoms with Gasteiger partial charge in [0.1, 0.15) is 13.2 Å². The van der Waals surface area contributed by atoms with E-state index in [4.69, 9.17) is 9.47 Å². The molecule has 8 heteroatoms. The number of ether oxygens (including phenoxy) is 2. The van der Waals surface area contributed by atoms with Gasteiger partial charge in [-0.3, -0.25) is 9.59 Å². The Morgan fingerprint density at radius 3 is 0.768 bits per heavy atom. The molecule has 0 radical (unpaired) electrons. The Morgan fingerprint density at radius 1 is 0.275 bits per heavy atom. The van der Waals surface area contributed by atoms with Crippen molar-refractivity contribution in [3.05, 3.63) is 0 Å². The van der Waals surface area contributed by atoms with Crippen LogP contribution in [0.3, 0.4) is 0 Å². The smallest absolute Gasteiger partial charge is 0.307 e. The molecule has 0 amide bonds. The van der Waals surface area contributed by atoms with Crippen molar-refractivity contribution < 1.29 is 19.1 Å². The summed E-state index contributed by atoms with van der Waals surface area (Å²) in [7, 11) is 3.41. The van der Waals surface area contributed by atoms with E-state index in [1.165, 1.54) is 283 Å². The zero-order valence-electron chi connectivity index (χ0n) is 47.2. The Bertz CT molecular complexity index is 957. The molecule has 0 saturated carbocycles. The quantitative estimate of drug-likeness (QED) is 0.0339. The summed E-state index contributed by atoms with van der Waals surface area (Å²) >= 11 is 0. The minimum atomic E-state index is -0.0680. The van der Waals surface area contributed by atoms with E-state index >= 15 is 0 Å². The van der Waals surface area contributed by atoms with Crippen LogP contribution in [-0.4, -0.2) is 85.7 Å². The third-order valence-corrected chi connectivity index (χ3v) is 16.6. The maximum absolute atomic E-state index is 12.7. The van der Waals surface area contributed by atoms with Gasteiger partial charge in [-0.1, -0.05) is 287 Å². The highest BCUT2D eigenvalue weighted by atomic mass is 33.1. The van der Waals surface area contributed by atoms with E-state index in [1.54, 1.807) is 21.6 Å². The van der Waals surface area contributed by atoms with Gasteiger partial charge in [0.2, 0.25) is 0 Å². The van der Waals surface area contributed by atoms with Gasteiger partial charge in [-0.15, -0.1) is 0 Å². The van der Waals surface area contributed by atoms with Gasteiger partial charge in [-0.2, -0.15) is 0 Å². The van der Waals surface area contributed by atoms with Crippen LogP contribution in [0, 0.1) is 0 Å². The lowest BCUT2D eigenvalue weighted by molar-refractivity contribution is -0.144. The summed E-state index contributed by atoms with van der Waals surface area (Å²) in [6, 6.07) is 0. The molecule has 0 spiro atoms. The molecule has 0 heterocycles. The molecule has 0 aliphatic heterocycles. The summed E-state index contributed by atoms with van der Waals surface area (Å²) in [5, 5.41) is 0. The van der Waals surface area contributed by atoms with Crippen molar-refractivity contribution in [3.8, 4) is 0 Å². The van der Waals surface area contributed by atoms with E-state index in [0.29, 0.717) is 26.1 Å². The first-order chi connectivity index (χ1) is 34.1. The molecule has 0 atom stereocenters. The molecule has 412 valence electrons. The van der Waals surface area contributed by atoms with Crippen LogP contribution in [-0.2, 0) is 19.1 Å². The van der Waals surface area contributed by atoms with Crippen molar-refractivity contribution in [2.24, 2.45) is 0 Å². The third kappa shape index (κ3) is 56.7. The molecule has 0 bridgehead atoms. The summed E-state index contributed by atoms with van der Waals surface area (Å²) in [5.74, 6) is 1.41. The first-order valence-corrected chi connectivity index (χ1v) is 33.6. The summed E-state index contributed by atoms with van der Waals surface area (Å²) in [5.41, 5.74) is 0. The second kappa shape index (κ2) is 60.1. The minimum absolute atomic E-state index is 0.0579. The monoisotopic (exact) mass is 1010 g/mol. The second-order valence-corrected chi connectivity index (χ2v) is 23.8. The highest BCUT2D eigenvalue weighted by Crippen LogP contribution is 2.21. The molecule has 0 aromatic rings. The average Bonchev–Trinajstić information content (AvgIpc) is 3.35. The molecule has 0 aromatic heterocycles. The third-order valence-electron chi connectivity index (χ3n) is 14.2. The van der Waals surface area contributed by atoms with Crippen LogP contribution in [0.25, 0.3) is 0 Å². The number of carbonyl (C=O) groups is 2. The lowest BCUT2D eigenvalue weighted by Gasteiger charge is -2.22. The van der Waals surface area contributed by atoms with E-state index < -0.39 is 0 Å². The van der Waals surface area contributed by atoms with Crippen molar-refractivity contribution in [3.63, 3.8) is 0 Å². The van der Waals surface area contributed by atoms with Gasteiger partial charge in [0, 0.05) is 24.5 Å². The fourth-order valence-corrected chi connectivity index (χ4v) is 11.3. The number of hydrogen-bond donors (Lipinski definition) is 0. The van der Waals surface area contributed by atoms with E-state index in [0.717, 1.165) is 44.0 Å². The van der Waals surface area contributed by atoms with Crippen LogP contribution in [0.1, 0.15) is 317 Å². The van der Waals surface area contributed by atoms with Crippen LogP contribution in [0.4, 0.5) is 0 Å². The van der Waals surface area contributed by atoms with Crippen molar-refractivity contribution in [2.75, 3.05) is 64.0 Å². The highest BCUT2D eigenvalue weighted by molar-refractivity contribution is 8.76. The normalized spacial score (nSPS) is 11.7. The maximum atomic E-state index is 12.7. The van der Waals surface area contributed by atoms with Gasteiger partial charge in [0.25, 0.3) is 0 Å². The predicted molar refractivity (Wildman–Crippen MR) is 310 cm³/mol. The number of nitrogens with zero attached hydrogens (tertiary/aromatic N) is 2. The number of hydrogen-bond acceptors (Lipinski definition) is 8. The molecule has 0 saturated heterocycles. The molecule has 6 nitrogen and oxygen atoms in total. The van der Waals surface area contributed by atoms with Gasteiger partial charge in [0.05, 0.1) is 6.42 Å². The number of esters is 2. The SMILES string of the molecule is CCCCCCCCCCCCN(CCCCCCCCCCCC)CCCCCC(=O)OCCSSCCOC(=O)CCN(CCCCCCCCCCCC)CCCCCCCCCCCC. The summed E-state index contributed by atoms with van der Waals surface area (Å²) < 4.78 is 11.2. The number of rotatable bonds is 60. The molecule has 0 fully saturated rings. The Labute approximate surface area is 440 Å². The Morgan fingerprint density at radius 2 is 0.493 bits per heavy atom. The average molecular weight is 1010 g/mol. The topological polar surface area (TPSA) is 59.1 Å². The summed E-state index contributed by atoms with van der Waals surface area (Å²) in [6.45, 7) is 16.8. The fourth-order valence-electron chi connectivity index (χ4n) is 9.63. The lowest BCUT2D eigenvalue weighted by Crippen LogP contribution is -2.29. The van der Waals surface area contributed by atoms with E-state index in [1.807, 2.05) is 0 Å². The fraction of sp³-hybridized carbons (Fsp3) is 0.967. The van der Waals surface area contributed by atoms with Crippen LogP contribution in [0.2, 0.25) is 0 Å². The zero-order chi connectivity index (χ0) is 50.0. The summed E-state index contributed by atoms with van der Waals surface area (Å²) in [6.07, 6.45) is 59.3. The Hall–Kier alpha value is -0.440. The lowest BCUT2D eigenvalue weighted by atomic mass is 10.1. The van der Waals surface area contributed by atoms with Crippen molar-refractivity contribution in [2.45, 2.75) is 317 Å². The molecular weight excluding hydrogens is 889 g/mol. The Balaban J connectivity index is 4.24. The maximum Gasteiger partial charge on any atom is 0.307 e. The van der Waals surface area contributed by atoms with Crippen molar-refractivity contribution in [1.29, 1.82) is 0 Å². The van der Waals surface area contributed by atoms with Gasteiger partial charge < -0.3 is 19.3 Å². The van der Waals surface area contributed by atoms with E-state index in [9.17, 15) is 9.59 Å². The molecular formula is C61H122N2O4S2. The molecule has 0 aliphatic rings. The Kier molecular flexibility index (Phi) is 59.7. The number of unbranched alkanes of at least 4 members (excludes halogenated alkanes) is 38. The van der Waals surface area contributed by atoms with Crippen LogP contribution >= 0.6 is 21.6 Å². The first kappa shape index (κ1) is 68.6. The molecule has 0 aromatic carbocycles. The molecule has 0 rings (SSSR count). The van der Waals surface area contributed by atoms with Gasteiger partial charge >= 0.3 is 11.9 Å². The van der Waals surface area contributed by atoms with Gasteiger partial charge in [-0.25, -0.2) is 0 Å². The van der Waals surface area contributed by atoms with E-state index in [2.05, 4.69) is 37.5 Å². The van der Waals surface area contributed by atoms with Crippen LogP contribution in [0.15, 0.2) is 0 Å². The standard InChI is InChI=1S/C61H122N2O4S2/c1-5-9-13-17-21-25-29-33-37-43-50-62(51-44-38-34-30-26-22-18-14-10-6-2)52-47-41-42-48-60(64)66-56-58-68-69-59-57-67-61(65)49-55-63(53-45-39-35-31-27-23-19-15-11-7-3)54-46-40-36-32-28-24-20-16-12-8-4/h5-59H2,1-4H3.